The molecule has 0 unspecified atom stereocenters. The predicted octanol–water partition coefficient (Wildman–Crippen LogP) is 0.547. The van der Waals surface area contributed by atoms with Crippen LogP contribution in [0, 0.1) is 0 Å². The maximum atomic E-state index is 10.4. The topological polar surface area (TPSA) is 38.3 Å². The monoisotopic (exact) mass is 145 g/mol. The van der Waals surface area contributed by atoms with Crippen molar-refractivity contribution >= 4 is 5.97 Å². The first-order valence-corrected chi connectivity index (χ1v) is 3.30. The SMILES string of the molecule is CNC(C)(C)COC(C)=O. The quantitative estimate of drug-likeness (QED) is 0.589. The molecule has 0 radical (unpaired) electrons. The zero-order valence-electron chi connectivity index (χ0n) is 7.02. The largest absolute Gasteiger partial charge is 0.464 e. The average Bonchev–Trinajstić information content (AvgIpc) is 1.85. The van der Waals surface area contributed by atoms with Gasteiger partial charge in [0.2, 0.25) is 0 Å². The molecule has 3 heteroatoms. The van der Waals surface area contributed by atoms with Crippen molar-refractivity contribution in [3.05, 3.63) is 0 Å². The van der Waals surface area contributed by atoms with Crippen LogP contribution in [0.5, 0.6) is 0 Å². The van der Waals surface area contributed by atoms with E-state index in [1.54, 1.807) is 0 Å². The second kappa shape index (κ2) is 3.56. The lowest BCUT2D eigenvalue weighted by atomic mass is 10.1. The predicted molar refractivity (Wildman–Crippen MR) is 39.8 cm³/mol. The van der Waals surface area contributed by atoms with E-state index >= 15 is 0 Å². The van der Waals surface area contributed by atoms with E-state index in [2.05, 4.69) is 5.32 Å². The molecule has 10 heavy (non-hydrogen) atoms. The van der Waals surface area contributed by atoms with Crippen LogP contribution in [0.15, 0.2) is 0 Å². The smallest absolute Gasteiger partial charge is 0.302 e. The van der Waals surface area contributed by atoms with E-state index in [4.69, 9.17) is 4.74 Å². The Morgan fingerprint density at radius 1 is 1.60 bits per heavy atom. The standard InChI is InChI=1S/C7H15NO2/c1-6(9)10-5-7(2,3)8-4/h8H,5H2,1-4H3. The van der Waals surface area contributed by atoms with Gasteiger partial charge in [-0.3, -0.25) is 4.79 Å². The van der Waals surface area contributed by atoms with Gasteiger partial charge in [-0.15, -0.1) is 0 Å². The number of hydrogen-bond donors (Lipinski definition) is 1. The number of rotatable bonds is 3. The molecular weight excluding hydrogens is 130 g/mol. The minimum Gasteiger partial charge on any atom is -0.464 e. The number of likely N-dealkylation sites (N-methyl/N-ethyl adjacent to an activating group) is 1. The Bertz CT molecular complexity index is 121. The molecule has 60 valence electrons. The number of carbonyl (C=O) groups is 1. The molecule has 0 spiro atoms. The molecule has 0 aromatic heterocycles. The summed E-state index contributed by atoms with van der Waals surface area (Å²) in [7, 11) is 1.84. The van der Waals surface area contributed by atoms with Crippen molar-refractivity contribution in [3.63, 3.8) is 0 Å². The van der Waals surface area contributed by atoms with Crippen molar-refractivity contribution in [1.82, 2.24) is 5.32 Å². The highest BCUT2D eigenvalue weighted by Gasteiger charge is 2.15. The first-order valence-electron chi connectivity index (χ1n) is 3.30. The number of nitrogens with one attached hydrogen (secondary N) is 1. The summed E-state index contributed by atoms with van der Waals surface area (Å²) in [5.74, 6) is -0.233. The summed E-state index contributed by atoms with van der Waals surface area (Å²) in [5.41, 5.74) is -0.119. The Hall–Kier alpha value is -0.570. The summed E-state index contributed by atoms with van der Waals surface area (Å²) in [6, 6.07) is 0. The average molecular weight is 145 g/mol. The lowest BCUT2D eigenvalue weighted by Gasteiger charge is -2.22. The van der Waals surface area contributed by atoms with Crippen LogP contribution in [-0.4, -0.2) is 25.2 Å². The highest BCUT2D eigenvalue weighted by molar-refractivity contribution is 5.65. The van der Waals surface area contributed by atoms with Gasteiger partial charge in [0.25, 0.3) is 0 Å². The normalized spacial score (nSPS) is 11.2. The molecule has 0 amide bonds. The zero-order valence-corrected chi connectivity index (χ0v) is 7.02. The van der Waals surface area contributed by atoms with E-state index in [0.29, 0.717) is 6.61 Å². The third-order valence-corrected chi connectivity index (χ3v) is 1.31. The fraction of sp³-hybridized carbons (Fsp3) is 0.857. The molecule has 0 heterocycles. The highest BCUT2D eigenvalue weighted by atomic mass is 16.5. The molecule has 0 rings (SSSR count). The Labute approximate surface area is 61.8 Å². The molecule has 1 N–H and O–H groups in total. The Kier molecular flexibility index (Phi) is 3.36. The summed E-state index contributed by atoms with van der Waals surface area (Å²) in [4.78, 5) is 10.4. The van der Waals surface area contributed by atoms with Crippen molar-refractivity contribution in [2.24, 2.45) is 0 Å². The van der Waals surface area contributed by atoms with Gasteiger partial charge in [0, 0.05) is 12.5 Å². The van der Waals surface area contributed by atoms with Crippen LogP contribution in [0.2, 0.25) is 0 Å². The lowest BCUT2D eigenvalue weighted by molar-refractivity contribution is -0.142. The van der Waals surface area contributed by atoms with Crippen molar-refractivity contribution < 1.29 is 9.53 Å². The Morgan fingerprint density at radius 2 is 2.10 bits per heavy atom. The fourth-order valence-corrected chi connectivity index (χ4v) is 0.354. The van der Waals surface area contributed by atoms with E-state index in [-0.39, 0.29) is 11.5 Å². The third kappa shape index (κ3) is 4.32. The molecule has 0 atom stereocenters. The van der Waals surface area contributed by atoms with Crippen LogP contribution in [0.25, 0.3) is 0 Å². The molecule has 0 aliphatic heterocycles. The minimum absolute atomic E-state index is 0.119. The molecule has 0 aromatic rings. The van der Waals surface area contributed by atoms with Gasteiger partial charge >= 0.3 is 5.97 Å². The molecule has 0 saturated carbocycles. The Balaban J connectivity index is 3.56. The van der Waals surface area contributed by atoms with Gasteiger partial charge in [-0.1, -0.05) is 0 Å². The van der Waals surface area contributed by atoms with Crippen molar-refractivity contribution in [2.45, 2.75) is 26.3 Å². The van der Waals surface area contributed by atoms with Crippen molar-refractivity contribution in [1.29, 1.82) is 0 Å². The highest BCUT2D eigenvalue weighted by Crippen LogP contribution is 2.00. The maximum Gasteiger partial charge on any atom is 0.302 e. The molecule has 0 saturated heterocycles. The number of hydrogen-bond acceptors (Lipinski definition) is 3. The molecule has 0 aliphatic carbocycles. The van der Waals surface area contributed by atoms with E-state index in [9.17, 15) is 4.79 Å². The number of esters is 1. The van der Waals surface area contributed by atoms with Crippen LogP contribution in [-0.2, 0) is 9.53 Å². The van der Waals surface area contributed by atoms with Gasteiger partial charge in [-0.05, 0) is 20.9 Å². The number of ether oxygens (including phenoxy) is 1. The van der Waals surface area contributed by atoms with E-state index < -0.39 is 0 Å². The maximum absolute atomic E-state index is 10.4. The molecule has 0 aliphatic rings. The summed E-state index contributed by atoms with van der Waals surface area (Å²) >= 11 is 0. The summed E-state index contributed by atoms with van der Waals surface area (Å²) in [6.07, 6.45) is 0. The van der Waals surface area contributed by atoms with Gasteiger partial charge in [-0.25, -0.2) is 0 Å². The first-order chi connectivity index (χ1) is 4.48. The molecule has 3 nitrogen and oxygen atoms in total. The summed E-state index contributed by atoms with van der Waals surface area (Å²) < 4.78 is 4.80. The van der Waals surface area contributed by atoms with Crippen molar-refractivity contribution in [2.75, 3.05) is 13.7 Å². The second-order valence-corrected chi connectivity index (χ2v) is 2.91. The van der Waals surface area contributed by atoms with Gasteiger partial charge in [0.05, 0.1) is 0 Å². The van der Waals surface area contributed by atoms with Crippen LogP contribution >= 0.6 is 0 Å². The minimum atomic E-state index is -0.233. The van der Waals surface area contributed by atoms with Gasteiger partial charge in [0.1, 0.15) is 6.61 Å². The third-order valence-electron chi connectivity index (χ3n) is 1.31. The van der Waals surface area contributed by atoms with E-state index in [1.807, 2.05) is 20.9 Å². The van der Waals surface area contributed by atoms with Gasteiger partial charge < -0.3 is 10.1 Å². The van der Waals surface area contributed by atoms with Crippen LogP contribution < -0.4 is 5.32 Å². The molecule has 0 fully saturated rings. The molecule has 0 bridgehead atoms. The lowest BCUT2D eigenvalue weighted by Crippen LogP contribution is -2.41. The summed E-state index contributed by atoms with van der Waals surface area (Å²) in [6.45, 7) is 5.76. The second-order valence-electron chi connectivity index (χ2n) is 2.91. The summed E-state index contributed by atoms with van der Waals surface area (Å²) in [5, 5.41) is 3.02. The number of carbonyl (C=O) groups excluding carboxylic acids is 1. The Morgan fingerprint density at radius 3 is 2.40 bits per heavy atom. The fourth-order valence-electron chi connectivity index (χ4n) is 0.354. The van der Waals surface area contributed by atoms with Gasteiger partial charge in [0.15, 0.2) is 0 Å². The molecular formula is C7H15NO2. The van der Waals surface area contributed by atoms with Crippen LogP contribution in [0.4, 0.5) is 0 Å². The van der Waals surface area contributed by atoms with Crippen LogP contribution in [0.1, 0.15) is 20.8 Å². The van der Waals surface area contributed by atoms with Crippen molar-refractivity contribution in [3.8, 4) is 0 Å². The van der Waals surface area contributed by atoms with E-state index in [0.717, 1.165) is 0 Å². The van der Waals surface area contributed by atoms with E-state index in [1.165, 1.54) is 6.92 Å². The zero-order chi connectivity index (χ0) is 8.20. The van der Waals surface area contributed by atoms with Crippen LogP contribution in [0.3, 0.4) is 0 Å². The molecule has 0 aromatic carbocycles. The van der Waals surface area contributed by atoms with Gasteiger partial charge in [-0.2, -0.15) is 0 Å². The first kappa shape index (κ1) is 9.43.